The van der Waals surface area contributed by atoms with E-state index in [0.29, 0.717) is 17.3 Å². The minimum absolute atomic E-state index is 0.148. The van der Waals surface area contributed by atoms with Crippen LogP contribution in [0.1, 0.15) is 37.8 Å². The minimum atomic E-state index is -3.71. The smallest absolute Gasteiger partial charge is 0.264 e. The molecule has 0 aliphatic carbocycles. The van der Waals surface area contributed by atoms with Crippen molar-refractivity contribution in [2.45, 2.75) is 38.0 Å². The van der Waals surface area contributed by atoms with Gasteiger partial charge in [-0.25, -0.2) is 8.42 Å². The monoisotopic (exact) mass is 509 g/mol. The average Bonchev–Trinajstić information content (AvgIpc) is 2.84. The molecule has 0 fully saturated rings. The van der Waals surface area contributed by atoms with Crippen LogP contribution in [0.2, 0.25) is 0 Å². The summed E-state index contributed by atoms with van der Waals surface area (Å²) in [6, 6.07) is 23.2. The highest BCUT2D eigenvalue weighted by molar-refractivity contribution is 7.92. The molecule has 0 heterocycles. The van der Waals surface area contributed by atoms with Gasteiger partial charge in [0.2, 0.25) is 5.91 Å². The van der Waals surface area contributed by atoms with Gasteiger partial charge in [0.25, 0.3) is 10.0 Å². The maximum absolute atomic E-state index is 12.9. The molecule has 1 unspecified atom stereocenters. The Kier molecular flexibility index (Phi) is 8.64. The molecule has 35 heavy (non-hydrogen) atoms. The third-order valence-electron chi connectivity index (χ3n) is 5.64. The SMILES string of the molecule is CC(C)Cc1ccc(C(C)C(=O)NC(=S)Nc2ccc(S(=O)(=O)N(C)c3ccccc3)cc2)cc1. The van der Waals surface area contributed by atoms with E-state index in [4.69, 9.17) is 12.2 Å². The number of anilines is 2. The number of nitrogens with zero attached hydrogens (tertiary/aromatic N) is 1. The zero-order valence-corrected chi connectivity index (χ0v) is 22.0. The van der Waals surface area contributed by atoms with Crippen molar-refractivity contribution in [2.24, 2.45) is 5.92 Å². The summed E-state index contributed by atoms with van der Waals surface area (Å²) < 4.78 is 27.1. The Morgan fingerprint density at radius 3 is 2.09 bits per heavy atom. The van der Waals surface area contributed by atoms with Gasteiger partial charge < -0.3 is 10.6 Å². The molecule has 3 rings (SSSR count). The molecular weight excluding hydrogens is 478 g/mol. The number of rotatable bonds is 8. The van der Waals surface area contributed by atoms with Crippen LogP contribution < -0.4 is 14.9 Å². The molecule has 0 saturated carbocycles. The number of hydrogen-bond acceptors (Lipinski definition) is 4. The van der Waals surface area contributed by atoms with Gasteiger partial charge in [-0.2, -0.15) is 0 Å². The summed E-state index contributed by atoms with van der Waals surface area (Å²) >= 11 is 5.29. The van der Waals surface area contributed by atoms with Crippen molar-refractivity contribution in [3.8, 4) is 0 Å². The maximum atomic E-state index is 12.9. The molecule has 2 N–H and O–H groups in total. The van der Waals surface area contributed by atoms with Gasteiger partial charge in [0.1, 0.15) is 0 Å². The molecule has 0 aliphatic rings. The third-order valence-corrected chi connectivity index (χ3v) is 7.65. The van der Waals surface area contributed by atoms with Crippen molar-refractivity contribution in [3.63, 3.8) is 0 Å². The highest BCUT2D eigenvalue weighted by atomic mass is 32.2. The molecule has 0 radical (unpaired) electrons. The van der Waals surface area contributed by atoms with Gasteiger partial charge >= 0.3 is 0 Å². The number of carbonyl (C=O) groups is 1. The third kappa shape index (κ3) is 6.90. The second kappa shape index (κ2) is 11.5. The Labute approximate surface area is 213 Å². The molecule has 0 aliphatic heterocycles. The molecule has 1 atom stereocenters. The van der Waals surface area contributed by atoms with E-state index in [0.717, 1.165) is 12.0 Å². The molecule has 3 aromatic carbocycles. The number of nitrogens with one attached hydrogen (secondary N) is 2. The van der Waals surface area contributed by atoms with Crippen LogP contribution in [0, 0.1) is 5.92 Å². The first-order chi connectivity index (χ1) is 16.6. The molecular formula is C27H31N3O3S2. The molecule has 0 spiro atoms. The lowest BCUT2D eigenvalue weighted by Crippen LogP contribution is -2.36. The van der Waals surface area contributed by atoms with Gasteiger partial charge in [0.05, 0.1) is 16.5 Å². The highest BCUT2D eigenvalue weighted by Gasteiger charge is 2.21. The zero-order valence-electron chi connectivity index (χ0n) is 20.4. The predicted octanol–water partition coefficient (Wildman–Crippen LogP) is 5.33. The van der Waals surface area contributed by atoms with E-state index < -0.39 is 10.0 Å². The maximum Gasteiger partial charge on any atom is 0.264 e. The van der Waals surface area contributed by atoms with Gasteiger partial charge in [-0.1, -0.05) is 56.3 Å². The largest absolute Gasteiger partial charge is 0.332 e. The fourth-order valence-electron chi connectivity index (χ4n) is 3.59. The molecule has 0 bridgehead atoms. The van der Waals surface area contributed by atoms with E-state index >= 15 is 0 Å². The zero-order chi connectivity index (χ0) is 25.6. The summed E-state index contributed by atoms with van der Waals surface area (Å²) in [5.41, 5.74) is 3.30. The number of benzene rings is 3. The Bertz CT molecular complexity index is 1260. The second-order valence-corrected chi connectivity index (χ2v) is 11.2. The lowest BCUT2D eigenvalue weighted by atomic mass is 9.96. The number of thiocarbonyl (C=S) groups is 1. The van der Waals surface area contributed by atoms with Crippen molar-refractivity contribution in [1.29, 1.82) is 0 Å². The van der Waals surface area contributed by atoms with Gasteiger partial charge in [-0.3, -0.25) is 9.10 Å². The van der Waals surface area contributed by atoms with E-state index in [1.54, 1.807) is 36.4 Å². The fourth-order valence-corrected chi connectivity index (χ4v) is 5.01. The first-order valence-corrected chi connectivity index (χ1v) is 13.3. The molecule has 1 amide bonds. The minimum Gasteiger partial charge on any atom is -0.332 e. The summed E-state index contributed by atoms with van der Waals surface area (Å²) in [5.74, 6) is -0.0179. The van der Waals surface area contributed by atoms with Crippen molar-refractivity contribution >= 4 is 44.6 Å². The summed E-state index contributed by atoms with van der Waals surface area (Å²) in [7, 11) is -2.19. The molecule has 0 aromatic heterocycles. The second-order valence-electron chi connectivity index (χ2n) is 8.84. The van der Waals surface area contributed by atoms with Crippen LogP contribution in [-0.4, -0.2) is 26.5 Å². The molecule has 0 saturated heterocycles. The first kappa shape index (κ1) is 26.4. The molecule has 6 nitrogen and oxygen atoms in total. The van der Waals surface area contributed by atoms with Crippen LogP contribution in [0.5, 0.6) is 0 Å². The molecule has 8 heteroatoms. The number of carbonyl (C=O) groups excluding carboxylic acids is 1. The van der Waals surface area contributed by atoms with Crippen molar-refractivity contribution in [1.82, 2.24) is 5.32 Å². The first-order valence-electron chi connectivity index (χ1n) is 11.4. The van der Waals surface area contributed by atoms with Gasteiger partial charge in [0, 0.05) is 12.7 Å². The average molecular weight is 510 g/mol. The summed E-state index contributed by atoms with van der Waals surface area (Å²) in [5, 5.41) is 5.80. The van der Waals surface area contributed by atoms with Gasteiger partial charge in [-0.15, -0.1) is 0 Å². The lowest BCUT2D eigenvalue weighted by Gasteiger charge is -2.19. The van der Waals surface area contributed by atoms with Gasteiger partial charge in [0.15, 0.2) is 5.11 Å². The summed E-state index contributed by atoms with van der Waals surface area (Å²) in [6.07, 6.45) is 0.998. The number of para-hydroxylation sites is 1. The Morgan fingerprint density at radius 1 is 0.914 bits per heavy atom. The molecule has 3 aromatic rings. The Hall–Kier alpha value is -3.23. The number of hydrogen-bond donors (Lipinski definition) is 2. The highest BCUT2D eigenvalue weighted by Crippen LogP contribution is 2.23. The quantitative estimate of drug-likeness (QED) is 0.402. The van der Waals surface area contributed by atoms with Crippen molar-refractivity contribution in [3.05, 3.63) is 90.0 Å². The fraction of sp³-hybridized carbons (Fsp3) is 0.259. The van der Waals surface area contributed by atoms with Crippen molar-refractivity contribution in [2.75, 3.05) is 16.7 Å². The van der Waals surface area contributed by atoms with Gasteiger partial charge in [-0.05, 0) is 79.0 Å². The van der Waals surface area contributed by atoms with E-state index in [9.17, 15) is 13.2 Å². The van der Waals surface area contributed by atoms with Crippen LogP contribution in [0.15, 0.2) is 83.8 Å². The number of sulfonamides is 1. The Morgan fingerprint density at radius 2 is 1.51 bits per heavy atom. The lowest BCUT2D eigenvalue weighted by molar-refractivity contribution is -0.120. The molecule has 184 valence electrons. The standard InChI is InChI=1S/C27H31N3O3S2/c1-19(2)18-21-10-12-22(13-11-21)20(3)26(31)29-27(34)28-23-14-16-25(17-15-23)35(32,33)30(4)24-8-6-5-7-9-24/h5-17,19-20H,18H2,1-4H3,(H2,28,29,31,34). The Balaban J connectivity index is 1.59. The predicted molar refractivity (Wildman–Crippen MR) is 146 cm³/mol. The topological polar surface area (TPSA) is 78.5 Å². The van der Waals surface area contributed by atoms with Crippen LogP contribution in [-0.2, 0) is 21.2 Å². The summed E-state index contributed by atoms with van der Waals surface area (Å²) in [6.45, 7) is 6.18. The van der Waals surface area contributed by atoms with Crippen LogP contribution in [0.4, 0.5) is 11.4 Å². The van der Waals surface area contributed by atoms with Crippen LogP contribution in [0.3, 0.4) is 0 Å². The van der Waals surface area contributed by atoms with E-state index in [1.165, 1.54) is 29.0 Å². The van der Waals surface area contributed by atoms with E-state index in [2.05, 4.69) is 36.6 Å². The van der Waals surface area contributed by atoms with Crippen LogP contribution in [0.25, 0.3) is 0 Å². The number of amides is 1. The van der Waals surface area contributed by atoms with Crippen LogP contribution >= 0.6 is 12.2 Å². The summed E-state index contributed by atoms with van der Waals surface area (Å²) in [4.78, 5) is 12.8. The van der Waals surface area contributed by atoms with E-state index in [-0.39, 0.29) is 21.8 Å². The normalized spacial score (nSPS) is 12.1. The van der Waals surface area contributed by atoms with E-state index in [1.807, 2.05) is 25.1 Å². The van der Waals surface area contributed by atoms with Crippen molar-refractivity contribution < 1.29 is 13.2 Å².